The second kappa shape index (κ2) is 6.96. The Bertz CT molecular complexity index is 700. The molecule has 1 aliphatic rings. The molecule has 0 saturated carbocycles. The zero-order chi connectivity index (χ0) is 16.2. The summed E-state index contributed by atoms with van der Waals surface area (Å²) in [6, 6.07) is 10.5. The predicted octanol–water partition coefficient (Wildman–Crippen LogP) is 3.76. The topological polar surface area (TPSA) is 46.2 Å². The molecule has 0 bridgehead atoms. The van der Waals surface area contributed by atoms with Crippen molar-refractivity contribution < 1.29 is 4.74 Å². The van der Waals surface area contributed by atoms with Crippen LogP contribution in [0.4, 0.5) is 5.82 Å². The van der Waals surface area contributed by atoms with Gasteiger partial charge >= 0.3 is 0 Å². The van der Waals surface area contributed by atoms with Crippen LogP contribution in [0.1, 0.15) is 35.6 Å². The lowest BCUT2D eigenvalue weighted by Crippen LogP contribution is -2.34. The van der Waals surface area contributed by atoms with Gasteiger partial charge in [0.1, 0.15) is 11.6 Å². The van der Waals surface area contributed by atoms with Gasteiger partial charge in [-0.25, -0.2) is 4.98 Å². The van der Waals surface area contributed by atoms with E-state index in [2.05, 4.69) is 27.8 Å². The van der Waals surface area contributed by atoms with Gasteiger partial charge in [0.05, 0.1) is 13.2 Å². The number of aromatic nitrogens is 1. The van der Waals surface area contributed by atoms with Gasteiger partial charge in [-0.05, 0) is 73.3 Å². The van der Waals surface area contributed by atoms with Crippen LogP contribution in [-0.2, 0) is 6.42 Å². The highest BCUT2D eigenvalue weighted by Crippen LogP contribution is 2.32. The highest BCUT2D eigenvalue weighted by Gasteiger charge is 2.21. The molecule has 1 aromatic carbocycles. The maximum absolute atomic E-state index is 5.44. The molecular formula is C18H21N3OS. The SMILES string of the molecule is COc1ccc2c(c1)CCC[C@H]2NC(=S)Nc1ccc(C)cn1. The number of methoxy groups -OCH3 is 1. The first-order chi connectivity index (χ1) is 11.2. The van der Waals surface area contributed by atoms with Gasteiger partial charge in [0.2, 0.25) is 0 Å². The fourth-order valence-electron chi connectivity index (χ4n) is 2.92. The second-order valence-electron chi connectivity index (χ2n) is 5.83. The van der Waals surface area contributed by atoms with Crippen molar-refractivity contribution in [2.45, 2.75) is 32.2 Å². The maximum atomic E-state index is 5.44. The molecule has 120 valence electrons. The van der Waals surface area contributed by atoms with Gasteiger partial charge in [-0.3, -0.25) is 0 Å². The van der Waals surface area contributed by atoms with Gasteiger partial charge in [0, 0.05) is 6.20 Å². The molecule has 5 heteroatoms. The quantitative estimate of drug-likeness (QED) is 0.841. The predicted molar refractivity (Wildman–Crippen MR) is 97.0 cm³/mol. The van der Waals surface area contributed by atoms with Crippen molar-refractivity contribution in [1.82, 2.24) is 10.3 Å². The summed E-state index contributed by atoms with van der Waals surface area (Å²) in [4.78, 5) is 4.32. The molecule has 1 aromatic heterocycles. The van der Waals surface area contributed by atoms with Crippen molar-refractivity contribution in [2.24, 2.45) is 0 Å². The van der Waals surface area contributed by atoms with Crippen LogP contribution in [-0.4, -0.2) is 17.2 Å². The summed E-state index contributed by atoms with van der Waals surface area (Å²) in [5.41, 5.74) is 3.77. The van der Waals surface area contributed by atoms with E-state index < -0.39 is 0 Å². The van der Waals surface area contributed by atoms with Crippen LogP contribution < -0.4 is 15.4 Å². The molecule has 0 aliphatic heterocycles. The molecule has 2 N–H and O–H groups in total. The third-order valence-electron chi connectivity index (χ3n) is 4.12. The number of benzene rings is 1. The van der Waals surface area contributed by atoms with Crippen LogP contribution in [0.15, 0.2) is 36.5 Å². The minimum Gasteiger partial charge on any atom is -0.497 e. The molecule has 23 heavy (non-hydrogen) atoms. The van der Waals surface area contributed by atoms with E-state index in [9.17, 15) is 0 Å². The van der Waals surface area contributed by atoms with Crippen LogP contribution in [0.3, 0.4) is 0 Å². The zero-order valence-corrected chi connectivity index (χ0v) is 14.2. The van der Waals surface area contributed by atoms with Crippen molar-refractivity contribution >= 4 is 23.1 Å². The number of pyridine rings is 1. The van der Waals surface area contributed by atoms with Crippen molar-refractivity contribution in [3.05, 3.63) is 53.2 Å². The fourth-order valence-corrected chi connectivity index (χ4v) is 3.17. The first kappa shape index (κ1) is 15.7. The average Bonchev–Trinajstić information content (AvgIpc) is 2.56. The molecule has 4 nitrogen and oxygen atoms in total. The molecule has 3 rings (SSSR count). The van der Waals surface area contributed by atoms with Gasteiger partial charge in [0.25, 0.3) is 0 Å². The zero-order valence-electron chi connectivity index (χ0n) is 13.4. The van der Waals surface area contributed by atoms with E-state index in [0.29, 0.717) is 5.11 Å². The summed E-state index contributed by atoms with van der Waals surface area (Å²) >= 11 is 5.44. The van der Waals surface area contributed by atoms with Gasteiger partial charge in [0.15, 0.2) is 5.11 Å². The molecule has 1 atom stereocenters. The molecule has 2 aromatic rings. The molecule has 0 amide bonds. The molecule has 1 aliphatic carbocycles. The Morgan fingerprint density at radius 3 is 2.91 bits per heavy atom. The summed E-state index contributed by atoms with van der Waals surface area (Å²) in [6.07, 6.45) is 5.13. The first-order valence-corrected chi connectivity index (χ1v) is 8.23. The molecule has 1 heterocycles. The molecule has 0 saturated heterocycles. The fraction of sp³-hybridized carbons (Fsp3) is 0.333. The van der Waals surface area contributed by atoms with Crippen LogP contribution in [0, 0.1) is 6.92 Å². The molecule has 0 spiro atoms. The summed E-state index contributed by atoms with van der Waals surface area (Å²) in [5, 5.41) is 7.18. The van der Waals surface area contributed by atoms with Gasteiger partial charge in [-0.2, -0.15) is 0 Å². The third-order valence-corrected chi connectivity index (χ3v) is 4.34. The van der Waals surface area contributed by atoms with Crippen LogP contribution in [0.2, 0.25) is 0 Å². The van der Waals surface area contributed by atoms with Crippen molar-refractivity contribution in [3.63, 3.8) is 0 Å². The van der Waals surface area contributed by atoms with E-state index in [-0.39, 0.29) is 6.04 Å². The monoisotopic (exact) mass is 327 g/mol. The number of anilines is 1. The number of nitrogens with one attached hydrogen (secondary N) is 2. The van der Waals surface area contributed by atoms with E-state index in [4.69, 9.17) is 17.0 Å². The Morgan fingerprint density at radius 2 is 2.17 bits per heavy atom. The summed E-state index contributed by atoms with van der Waals surface area (Å²) < 4.78 is 5.32. The standard InChI is InChI=1S/C18H21N3OS/c1-12-6-9-17(19-11-12)21-18(23)20-16-5-3-4-13-10-14(22-2)7-8-15(13)16/h6-11,16H,3-5H2,1-2H3,(H2,19,20,21,23)/t16-/m1/s1. The number of thiocarbonyl (C=S) groups is 1. The number of nitrogens with zero attached hydrogens (tertiary/aromatic N) is 1. The maximum Gasteiger partial charge on any atom is 0.172 e. The second-order valence-corrected chi connectivity index (χ2v) is 6.24. The summed E-state index contributed by atoms with van der Waals surface area (Å²) in [5.74, 6) is 1.67. The Morgan fingerprint density at radius 1 is 1.30 bits per heavy atom. The lowest BCUT2D eigenvalue weighted by Gasteiger charge is -2.27. The van der Waals surface area contributed by atoms with E-state index in [1.165, 1.54) is 11.1 Å². The largest absolute Gasteiger partial charge is 0.497 e. The highest BCUT2D eigenvalue weighted by atomic mass is 32.1. The number of ether oxygens (including phenoxy) is 1. The third kappa shape index (κ3) is 3.79. The number of rotatable bonds is 3. The van der Waals surface area contributed by atoms with Gasteiger partial charge < -0.3 is 15.4 Å². The normalized spacial score (nSPS) is 16.3. The Labute approximate surface area is 142 Å². The highest BCUT2D eigenvalue weighted by molar-refractivity contribution is 7.80. The van der Waals surface area contributed by atoms with E-state index >= 15 is 0 Å². The molecule has 0 unspecified atom stereocenters. The Balaban J connectivity index is 1.69. The van der Waals surface area contributed by atoms with Crippen LogP contribution in [0.25, 0.3) is 0 Å². The first-order valence-electron chi connectivity index (χ1n) is 7.82. The molecule has 0 radical (unpaired) electrons. The van der Waals surface area contributed by atoms with Gasteiger partial charge in [-0.15, -0.1) is 0 Å². The van der Waals surface area contributed by atoms with E-state index in [0.717, 1.165) is 36.4 Å². The molecule has 0 fully saturated rings. The Kier molecular flexibility index (Phi) is 4.76. The lowest BCUT2D eigenvalue weighted by molar-refractivity contribution is 0.412. The van der Waals surface area contributed by atoms with Crippen molar-refractivity contribution in [3.8, 4) is 5.75 Å². The Hall–Kier alpha value is -2.14. The summed E-state index contributed by atoms with van der Waals surface area (Å²) in [6.45, 7) is 2.01. The number of fused-ring (bicyclic) bond motifs is 1. The van der Waals surface area contributed by atoms with Gasteiger partial charge in [-0.1, -0.05) is 12.1 Å². The number of hydrogen-bond donors (Lipinski definition) is 2. The lowest BCUT2D eigenvalue weighted by atomic mass is 9.87. The number of hydrogen-bond acceptors (Lipinski definition) is 3. The van der Waals surface area contributed by atoms with Crippen LogP contribution in [0.5, 0.6) is 5.75 Å². The smallest absolute Gasteiger partial charge is 0.172 e. The van der Waals surface area contributed by atoms with Crippen molar-refractivity contribution in [2.75, 3.05) is 12.4 Å². The average molecular weight is 327 g/mol. The van der Waals surface area contributed by atoms with E-state index in [1.807, 2.05) is 31.3 Å². The van der Waals surface area contributed by atoms with E-state index in [1.54, 1.807) is 7.11 Å². The minimum absolute atomic E-state index is 0.232. The van der Waals surface area contributed by atoms with Crippen molar-refractivity contribution in [1.29, 1.82) is 0 Å². The summed E-state index contributed by atoms with van der Waals surface area (Å²) in [7, 11) is 1.70. The number of aryl methyl sites for hydroxylation is 2. The minimum atomic E-state index is 0.232. The van der Waals surface area contributed by atoms with Crippen LogP contribution >= 0.6 is 12.2 Å². The molecular weight excluding hydrogens is 306 g/mol.